The predicted molar refractivity (Wildman–Crippen MR) is 117 cm³/mol. The van der Waals surface area contributed by atoms with Gasteiger partial charge in [-0.25, -0.2) is 0 Å². The Bertz CT molecular complexity index is 895. The van der Waals surface area contributed by atoms with E-state index in [1.165, 1.54) is 7.11 Å². The summed E-state index contributed by atoms with van der Waals surface area (Å²) in [6, 6.07) is 9.72. The highest BCUT2D eigenvalue weighted by molar-refractivity contribution is 6.02. The summed E-state index contributed by atoms with van der Waals surface area (Å²) in [4.78, 5) is 25.9. The molecule has 0 aliphatic heterocycles. The van der Waals surface area contributed by atoms with Crippen molar-refractivity contribution in [3.05, 3.63) is 47.5 Å². The molecule has 0 saturated heterocycles. The van der Waals surface area contributed by atoms with Crippen LogP contribution in [-0.4, -0.2) is 38.7 Å². The molecule has 0 unspecified atom stereocenters. The second-order valence-corrected chi connectivity index (χ2v) is 7.14. The Morgan fingerprint density at radius 3 is 2.23 bits per heavy atom. The van der Waals surface area contributed by atoms with Gasteiger partial charge < -0.3 is 24.8 Å². The maximum Gasteiger partial charge on any atom is 0.255 e. The molecule has 0 heterocycles. The van der Waals surface area contributed by atoms with Gasteiger partial charge in [0.25, 0.3) is 5.91 Å². The lowest BCUT2D eigenvalue weighted by Gasteiger charge is -2.23. The van der Waals surface area contributed by atoms with Gasteiger partial charge in [-0.1, -0.05) is 26.0 Å². The van der Waals surface area contributed by atoms with E-state index >= 15 is 0 Å². The van der Waals surface area contributed by atoms with Crippen molar-refractivity contribution in [2.24, 2.45) is 5.92 Å². The van der Waals surface area contributed by atoms with E-state index in [-0.39, 0.29) is 17.7 Å². The van der Waals surface area contributed by atoms with Crippen LogP contribution >= 0.6 is 0 Å². The van der Waals surface area contributed by atoms with E-state index in [0.29, 0.717) is 35.1 Å². The zero-order valence-electron chi connectivity index (χ0n) is 18.4. The molecule has 2 N–H and O–H groups in total. The van der Waals surface area contributed by atoms with Crippen LogP contribution in [0.25, 0.3) is 0 Å². The molecule has 1 atom stereocenters. The molecule has 0 fully saturated rings. The molecule has 162 valence electrons. The first kappa shape index (κ1) is 23.1. The fraction of sp³-hybridized carbons (Fsp3) is 0.391. The Morgan fingerprint density at radius 2 is 1.63 bits per heavy atom. The number of carbonyl (C=O) groups is 2. The van der Waals surface area contributed by atoms with Gasteiger partial charge in [-0.05, 0) is 43.5 Å². The van der Waals surface area contributed by atoms with E-state index < -0.39 is 6.04 Å². The zero-order chi connectivity index (χ0) is 22.3. The molecule has 0 bridgehead atoms. The summed E-state index contributed by atoms with van der Waals surface area (Å²) >= 11 is 0. The first-order valence-corrected chi connectivity index (χ1v) is 9.88. The standard InChI is InChI=1S/C23H30N2O5/c1-7-30-18-11-9-8-10-16(18)22(26)25-21(14(2)3)23(27)24-17-13-20(29-6)19(28-5)12-15(17)4/h8-14,21H,7H2,1-6H3,(H,24,27)(H,25,26)/t21-/m0/s1. The lowest BCUT2D eigenvalue weighted by Crippen LogP contribution is -2.47. The minimum absolute atomic E-state index is 0.131. The number of benzene rings is 2. The molecule has 2 aromatic carbocycles. The van der Waals surface area contributed by atoms with Crippen LogP contribution in [-0.2, 0) is 4.79 Å². The van der Waals surface area contributed by atoms with Gasteiger partial charge in [0, 0.05) is 11.8 Å². The highest BCUT2D eigenvalue weighted by atomic mass is 16.5. The van der Waals surface area contributed by atoms with E-state index in [2.05, 4.69) is 10.6 Å². The number of nitrogens with one attached hydrogen (secondary N) is 2. The van der Waals surface area contributed by atoms with Crippen molar-refractivity contribution < 1.29 is 23.8 Å². The number of hydrogen-bond donors (Lipinski definition) is 2. The van der Waals surface area contributed by atoms with Crippen LogP contribution in [0.15, 0.2) is 36.4 Å². The molecule has 0 saturated carbocycles. The molecular weight excluding hydrogens is 384 g/mol. The van der Waals surface area contributed by atoms with Crippen molar-refractivity contribution in [3.63, 3.8) is 0 Å². The molecule has 0 aliphatic carbocycles. The van der Waals surface area contributed by atoms with Crippen molar-refractivity contribution in [2.75, 3.05) is 26.1 Å². The summed E-state index contributed by atoms with van der Waals surface area (Å²) in [7, 11) is 3.09. The van der Waals surface area contributed by atoms with Gasteiger partial charge in [-0.2, -0.15) is 0 Å². The molecule has 0 aliphatic rings. The number of aryl methyl sites for hydroxylation is 1. The topological polar surface area (TPSA) is 85.9 Å². The first-order chi connectivity index (χ1) is 14.3. The minimum atomic E-state index is -0.736. The normalized spacial score (nSPS) is 11.6. The Balaban J connectivity index is 2.23. The number of hydrogen-bond acceptors (Lipinski definition) is 5. The first-order valence-electron chi connectivity index (χ1n) is 9.88. The smallest absolute Gasteiger partial charge is 0.255 e. The number of methoxy groups -OCH3 is 2. The molecule has 0 aromatic heterocycles. The van der Waals surface area contributed by atoms with Gasteiger partial charge in [0.1, 0.15) is 11.8 Å². The molecule has 2 amide bonds. The number of carbonyl (C=O) groups excluding carboxylic acids is 2. The van der Waals surface area contributed by atoms with Crippen LogP contribution in [0.2, 0.25) is 0 Å². The van der Waals surface area contributed by atoms with Crippen molar-refractivity contribution in [2.45, 2.75) is 33.7 Å². The van der Waals surface area contributed by atoms with Gasteiger partial charge in [0.15, 0.2) is 11.5 Å². The Labute approximate surface area is 177 Å². The fourth-order valence-corrected chi connectivity index (χ4v) is 3.02. The number of amides is 2. The number of rotatable bonds is 9. The third-order valence-corrected chi connectivity index (χ3v) is 4.66. The Hall–Kier alpha value is -3.22. The van der Waals surface area contributed by atoms with E-state index in [0.717, 1.165) is 5.56 Å². The number of anilines is 1. The van der Waals surface area contributed by atoms with Gasteiger partial charge in [-0.3, -0.25) is 9.59 Å². The summed E-state index contributed by atoms with van der Waals surface area (Å²) < 4.78 is 16.1. The third kappa shape index (κ3) is 5.43. The van der Waals surface area contributed by atoms with Gasteiger partial charge in [0.05, 0.1) is 26.4 Å². The van der Waals surface area contributed by atoms with Crippen LogP contribution in [0.5, 0.6) is 17.2 Å². The van der Waals surface area contributed by atoms with Crippen LogP contribution in [0.3, 0.4) is 0 Å². The van der Waals surface area contributed by atoms with Crippen molar-refractivity contribution in [1.29, 1.82) is 0 Å². The molecule has 2 rings (SSSR count). The summed E-state index contributed by atoms with van der Waals surface area (Å²) in [6.45, 7) is 7.90. The van der Waals surface area contributed by atoms with Gasteiger partial charge in [-0.15, -0.1) is 0 Å². The van der Waals surface area contributed by atoms with Crippen LogP contribution in [0.4, 0.5) is 5.69 Å². The van der Waals surface area contributed by atoms with Crippen LogP contribution < -0.4 is 24.8 Å². The third-order valence-electron chi connectivity index (χ3n) is 4.66. The largest absolute Gasteiger partial charge is 0.493 e. The lowest BCUT2D eigenvalue weighted by molar-refractivity contribution is -0.118. The number of para-hydroxylation sites is 1. The molecular formula is C23H30N2O5. The van der Waals surface area contributed by atoms with Crippen molar-refractivity contribution >= 4 is 17.5 Å². The summed E-state index contributed by atoms with van der Waals surface area (Å²) in [5.41, 5.74) is 1.80. The Morgan fingerprint density at radius 1 is 1.00 bits per heavy atom. The lowest BCUT2D eigenvalue weighted by atomic mass is 10.0. The highest BCUT2D eigenvalue weighted by Gasteiger charge is 2.26. The molecule has 7 heteroatoms. The van der Waals surface area contributed by atoms with Crippen molar-refractivity contribution in [1.82, 2.24) is 5.32 Å². The molecule has 7 nitrogen and oxygen atoms in total. The number of ether oxygens (including phenoxy) is 3. The van der Waals surface area contributed by atoms with E-state index in [1.54, 1.807) is 43.5 Å². The van der Waals surface area contributed by atoms with E-state index in [1.807, 2.05) is 27.7 Å². The summed E-state index contributed by atoms with van der Waals surface area (Å²) in [6.07, 6.45) is 0. The molecule has 30 heavy (non-hydrogen) atoms. The van der Waals surface area contributed by atoms with Gasteiger partial charge >= 0.3 is 0 Å². The van der Waals surface area contributed by atoms with E-state index in [9.17, 15) is 9.59 Å². The maximum atomic E-state index is 13.0. The average molecular weight is 415 g/mol. The maximum absolute atomic E-state index is 13.0. The summed E-state index contributed by atoms with van der Waals surface area (Å²) in [5, 5.41) is 5.73. The minimum Gasteiger partial charge on any atom is -0.493 e. The van der Waals surface area contributed by atoms with Crippen LogP contribution in [0, 0.1) is 12.8 Å². The second-order valence-electron chi connectivity index (χ2n) is 7.14. The van der Waals surface area contributed by atoms with Crippen LogP contribution in [0.1, 0.15) is 36.7 Å². The molecule has 2 aromatic rings. The average Bonchev–Trinajstić information content (AvgIpc) is 2.73. The fourth-order valence-electron chi connectivity index (χ4n) is 3.02. The highest BCUT2D eigenvalue weighted by Crippen LogP contribution is 2.33. The second kappa shape index (κ2) is 10.5. The SMILES string of the molecule is CCOc1ccccc1C(=O)N[C@H](C(=O)Nc1cc(OC)c(OC)cc1C)C(C)C. The van der Waals surface area contributed by atoms with E-state index in [4.69, 9.17) is 14.2 Å². The predicted octanol–water partition coefficient (Wildman–Crippen LogP) is 3.80. The summed E-state index contributed by atoms with van der Waals surface area (Å²) in [5.74, 6) is 0.757. The van der Waals surface area contributed by atoms with Gasteiger partial charge in [0.2, 0.25) is 5.91 Å². The molecule has 0 radical (unpaired) electrons. The monoisotopic (exact) mass is 414 g/mol. The van der Waals surface area contributed by atoms with Crippen molar-refractivity contribution in [3.8, 4) is 17.2 Å². The zero-order valence-corrected chi connectivity index (χ0v) is 18.4. The quantitative estimate of drug-likeness (QED) is 0.652. The molecule has 0 spiro atoms. The Kier molecular flexibility index (Phi) is 8.09.